The second-order valence-corrected chi connectivity index (χ2v) is 5.65. The monoisotopic (exact) mass is 286 g/mol. The number of rotatable bonds is 6. The fourth-order valence-electron chi connectivity index (χ4n) is 3.14. The number of aryl methyl sites for hydroxylation is 1. The molecule has 21 heavy (non-hydrogen) atoms. The zero-order valence-electron chi connectivity index (χ0n) is 13.5. The van der Waals surface area contributed by atoms with Crippen LogP contribution in [0.4, 0.5) is 5.82 Å². The van der Waals surface area contributed by atoms with Crippen LogP contribution in [0.3, 0.4) is 0 Å². The lowest BCUT2D eigenvalue weighted by Crippen LogP contribution is -2.29. The summed E-state index contributed by atoms with van der Waals surface area (Å²) in [6.45, 7) is 10.3. The number of hydrogen-bond donors (Lipinski definition) is 1. The molecule has 1 aromatic rings. The number of nitrogens with zero attached hydrogens (tertiary/aromatic N) is 3. The Morgan fingerprint density at radius 1 is 1.19 bits per heavy atom. The van der Waals surface area contributed by atoms with Crippen LogP contribution in [0, 0.1) is 18.3 Å². The van der Waals surface area contributed by atoms with E-state index in [0.29, 0.717) is 0 Å². The van der Waals surface area contributed by atoms with E-state index < -0.39 is 0 Å². The Morgan fingerprint density at radius 3 is 2.48 bits per heavy atom. The van der Waals surface area contributed by atoms with Gasteiger partial charge in [0.2, 0.25) is 0 Å². The first-order chi connectivity index (χ1) is 10.2. The Kier molecular flexibility index (Phi) is 5.58. The van der Waals surface area contributed by atoms with Crippen molar-refractivity contribution >= 4 is 5.82 Å². The van der Waals surface area contributed by atoms with Gasteiger partial charge in [-0.25, -0.2) is 4.98 Å². The first-order valence-corrected chi connectivity index (χ1v) is 8.09. The lowest BCUT2D eigenvalue weighted by Gasteiger charge is -2.22. The molecule has 4 heteroatoms. The van der Waals surface area contributed by atoms with Gasteiger partial charge in [0, 0.05) is 18.8 Å². The minimum Gasteiger partial charge on any atom is -0.368 e. The topological polar surface area (TPSA) is 52.0 Å². The van der Waals surface area contributed by atoms with Crippen molar-refractivity contribution in [1.82, 2.24) is 9.88 Å². The van der Waals surface area contributed by atoms with Crippen molar-refractivity contribution in [3.05, 3.63) is 22.4 Å². The van der Waals surface area contributed by atoms with Crippen molar-refractivity contribution in [3.63, 3.8) is 0 Å². The van der Waals surface area contributed by atoms with E-state index in [2.05, 4.69) is 42.0 Å². The summed E-state index contributed by atoms with van der Waals surface area (Å²) in [4.78, 5) is 7.02. The van der Waals surface area contributed by atoms with E-state index in [1.807, 2.05) is 0 Å². The van der Waals surface area contributed by atoms with E-state index in [0.717, 1.165) is 56.1 Å². The molecule has 0 bridgehead atoms. The quantitative estimate of drug-likeness (QED) is 0.873. The number of likely N-dealkylation sites (N-methyl/N-ethyl adjacent to an activating group) is 1. The van der Waals surface area contributed by atoms with Crippen LogP contribution in [0.2, 0.25) is 0 Å². The van der Waals surface area contributed by atoms with E-state index in [1.165, 1.54) is 24.0 Å². The van der Waals surface area contributed by atoms with Crippen LogP contribution in [0.25, 0.3) is 0 Å². The molecule has 0 aromatic carbocycles. The largest absolute Gasteiger partial charge is 0.368 e. The molecular formula is C17H26N4. The Hall–Kier alpha value is -1.60. The van der Waals surface area contributed by atoms with Crippen LogP contribution >= 0.6 is 0 Å². The molecule has 1 aliphatic rings. The highest BCUT2D eigenvalue weighted by atomic mass is 15.1. The van der Waals surface area contributed by atoms with Crippen molar-refractivity contribution in [2.75, 3.05) is 31.5 Å². The van der Waals surface area contributed by atoms with E-state index in [-0.39, 0.29) is 0 Å². The third-order valence-corrected chi connectivity index (χ3v) is 4.45. The molecule has 0 spiro atoms. The maximum absolute atomic E-state index is 9.53. The maximum atomic E-state index is 9.53. The predicted molar refractivity (Wildman–Crippen MR) is 86.6 cm³/mol. The Morgan fingerprint density at radius 2 is 1.86 bits per heavy atom. The van der Waals surface area contributed by atoms with E-state index >= 15 is 0 Å². The van der Waals surface area contributed by atoms with Crippen molar-refractivity contribution in [3.8, 4) is 6.07 Å². The van der Waals surface area contributed by atoms with E-state index in [1.54, 1.807) is 0 Å². The summed E-state index contributed by atoms with van der Waals surface area (Å²) in [5, 5.41) is 12.9. The third-order valence-electron chi connectivity index (χ3n) is 4.45. The highest BCUT2D eigenvalue weighted by Gasteiger charge is 2.20. The van der Waals surface area contributed by atoms with Crippen molar-refractivity contribution in [1.29, 1.82) is 5.26 Å². The van der Waals surface area contributed by atoms with Gasteiger partial charge >= 0.3 is 0 Å². The average Bonchev–Trinajstić information content (AvgIpc) is 2.52. The summed E-state index contributed by atoms with van der Waals surface area (Å²) in [7, 11) is 0. The molecule has 114 valence electrons. The predicted octanol–water partition coefficient (Wildman–Crippen LogP) is 2.89. The Balaban J connectivity index is 2.16. The second kappa shape index (κ2) is 7.42. The first-order valence-electron chi connectivity index (χ1n) is 8.09. The molecule has 0 saturated heterocycles. The summed E-state index contributed by atoms with van der Waals surface area (Å²) in [6, 6.07) is 2.38. The van der Waals surface area contributed by atoms with E-state index in [9.17, 15) is 5.26 Å². The number of nitrogens with one attached hydrogen (secondary N) is 1. The molecule has 0 aliphatic heterocycles. The van der Waals surface area contributed by atoms with Gasteiger partial charge in [0.25, 0.3) is 0 Å². The molecule has 0 radical (unpaired) electrons. The number of aromatic nitrogens is 1. The van der Waals surface area contributed by atoms with Crippen LogP contribution in [0.1, 0.15) is 49.1 Å². The fourth-order valence-corrected chi connectivity index (χ4v) is 3.14. The lowest BCUT2D eigenvalue weighted by atomic mass is 9.88. The average molecular weight is 286 g/mol. The summed E-state index contributed by atoms with van der Waals surface area (Å²) >= 11 is 0. The fraction of sp³-hybridized carbons (Fsp3) is 0.647. The maximum Gasteiger partial charge on any atom is 0.144 e. The molecule has 0 atom stereocenters. The van der Waals surface area contributed by atoms with E-state index in [4.69, 9.17) is 0 Å². The minimum absolute atomic E-state index is 0.773. The number of nitriles is 1. The summed E-state index contributed by atoms with van der Waals surface area (Å²) in [5.41, 5.74) is 4.41. The van der Waals surface area contributed by atoms with Crippen molar-refractivity contribution < 1.29 is 0 Å². The van der Waals surface area contributed by atoms with Crippen LogP contribution in [-0.4, -0.2) is 36.1 Å². The normalized spacial score (nSPS) is 13.9. The van der Waals surface area contributed by atoms with Gasteiger partial charge in [0.1, 0.15) is 11.9 Å². The summed E-state index contributed by atoms with van der Waals surface area (Å²) in [5.74, 6) is 0.780. The molecule has 0 fully saturated rings. The Labute approximate surface area is 128 Å². The molecule has 2 rings (SSSR count). The third kappa shape index (κ3) is 3.54. The zero-order chi connectivity index (χ0) is 15.2. The van der Waals surface area contributed by atoms with Gasteiger partial charge in [-0.05, 0) is 56.8 Å². The van der Waals surface area contributed by atoms with Gasteiger partial charge in [-0.3, -0.25) is 0 Å². The molecule has 0 unspecified atom stereocenters. The number of anilines is 1. The van der Waals surface area contributed by atoms with Crippen molar-refractivity contribution in [2.24, 2.45) is 0 Å². The molecule has 1 heterocycles. The SMILES string of the molecule is CCN(CC)CCNc1nc(C)c2c(c1C#N)CCCC2. The highest BCUT2D eigenvalue weighted by molar-refractivity contribution is 5.60. The van der Waals surface area contributed by atoms with Gasteiger partial charge in [0.15, 0.2) is 0 Å². The Bertz CT molecular complexity index is 527. The van der Waals surface area contributed by atoms with Gasteiger partial charge in [0.05, 0.1) is 5.56 Å². The molecule has 1 aliphatic carbocycles. The molecule has 0 amide bonds. The van der Waals surface area contributed by atoms with Gasteiger partial charge in [-0.15, -0.1) is 0 Å². The van der Waals surface area contributed by atoms with Crippen LogP contribution in [0.15, 0.2) is 0 Å². The number of pyridine rings is 1. The van der Waals surface area contributed by atoms with Gasteiger partial charge in [-0.1, -0.05) is 13.8 Å². The van der Waals surface area contributed by atoms with Crippen LogP contribution < -0.4 is 5.32 Å². The number of hydrogen-bond acceptors (Lipinski definition) is 4. The minimum atomic E-state index is 0.773. The zero-order valence-corrected chi connectivity index (χ0v) is 13.5. The van der Waals surface area contributed by atoms with Gasteiger partial charge < -0.3 is 10.2 Å². The van der Waals surface area contributed by atoms with Gasteiger partial charge in [-0.2, -0.15) is 5.26 Å². The standard InChI is InChI=1S/C17H26N4/c1-4-21(5-2)11-10-19-17-16(12-18)15-9-7-6-8-14(15)13(3)20-17/h4-11H2,1-3H3,(H,19,20). The molecule has 1 aromatic heterocycles. The molecule has 1 N–H and O–H groups in total. The number of fused-ring (bicyclic) bond motifs is 1. The highest BCUT2D eigenvalue weighted by Crippen LogP contribution is 2.29. The lowest BCUT2D eigenvalue weighted by molar-refractivity contribution is 0.316. The summed E-state index contributed by atoms with van der Waals surface area (Å²) < 4.78 is 0. The van der Waals surface area contributed by atoms with Crippen LogP contribution in [-0.2, 0) is 12.8 Å². The molecule has 4 nitrogen and oxygen atoms in total. The smallest absolute Gasteiger partial charge is 0.144 e. The molecular weight excluding hydrogens is 260 g/mol. The summed E-state index contributed by atoms with van der Waals surface area (Å²) in [6.07, 6.45) is 4.49. The first kappa shape index (κ1) is 15.8. The van der Waals surface area contributed by atoms with Crippen molar-refractivity contribution in [2.45, 2.75) is 46.5 Å². The second-order valence-electron chi connectivity index (χ2n) is 5.65. The molecule has 0 saturated carbocycles. The van der Waals surface area contributed by atoms with Crippen LogP contribution in [0.5, 0.6) is 0 Å².